The Kier molecular flexibility index (Phi) is 8.96. The highest BCUT2D eigenvalue weighted by Gasteiger charge is 2.46. The molecule has 2 atom stereocenters. The van der Waals surface area contributed by atoms with Crippen molar-refractivity contribution in [2.45, 2.75) is 59.5 Å². The van der Waals surface area contributed by atoms with Crippen LogP contribution >= 0.6 is 12.4 Å². The summed E-state index contributed by atoms with van der Waals surface area (Å²) in [6.07, 6.45) is 3.44. The van der Waals surface area contributed by atoms with E-state index in [0.717, 1.165) is 47.2 Å². The Morgan fingerprint density at radius 1 is 1.00 bits per heavy atom. The Balaban J connectivity index is 0.00000370. The van der Waals surface area contributed by atoms with E-state index in [1.54, 1.807) is 0 Å². The highest BCUT2D eigenvalue weighted by Crippen LogP contribution is 2.38. The van der Waals surface area contributed by atoms with Crippen LogP contribution in [0.5, 0.6) is 0 Å². The first kappa shape index (κ1) is 29.3. The first-order valence-electron chi connectivity index (χ1n) is 13.7. The van der Waals surface area contributed by atoms with Gasteiger partial charge in [-0.2, -0.15) is 0 Å². The van der Waals surface area contributed by atoms with Crippen molar-refractivity contribution in [1.82, 2.24) is 15.5 Å². The van der Waals surface area contributed by atoms with Gasteiger partial charge in [0, 0.05) is 17.8 Å². The molecule has 2 N–H and O–H groups in total. The van der Waals surface area contributed by atoms with E-state index < -0.39 is 11.2 Å². The highest BCUT2D eigenvalue weighted by molar-refractivity contribution is 5.99. The van der Waals surface area contributed by atoms with Crippen LogP contribution in [0.4, 0.5) is 5.69 Å². The Hall–Kier alpha value is -3.68. The molecule has 1 amide bonds. The Morgan fingerprint density at radius 2 is 1.73 bits per heavy atom. The number of halogens is 1. The van der Waals surface area contributed by atoms with E-state index in [1.807, 2.05) is 29.2 Å². The SMILES string of the molecule is CCCCC1(Cc2ccc(-c3ccccc3-c3noc(=O)[nH]3)cc2)CNC(C)N(c2ccc(C)c(C)c2)C1=O.Cl. The molecule has 1 aliphatic rings. The van der Waals surface area contributed by atoms with E-state index in [1.165, 1.54) is 11.1 Å². The fourth-order valence-electron chi connectivity index (χ4n) is 5.57. The lowest BCUT2D eigenvalue weighted by Gasteiger charge is -2.46. The number of carbonyl (C=O) groups is 1. The largest absolute Gasteiger partial charge is 0.439 e. The first-order valence-corrected chi connectivity index (χ1v) is 13.7. The van der Waals surface area contributed by atoms with Crippen LogP contribution in [0, 0.1) is 19.3 Å². The summed E-state index contributed by atoms with van der Waals surface area (Å²) >= 11 is 0. The molecule has 8 heteroatoms. The lowest BCUT2D eigenvalue weighted by molar-refractivity contribution is -0.131. The van der Waals surface area contributed by atoms with Crippen LogP contribution < -0.4 is 16.0 Å². The number of unbranched alkanes of at least 4 members (excludes halogenated alkanes) is 1. The number of H-pyrrole nitrogens is 1. The highest BCUT2D eigenvalue weighted by atomic mass is 35.5. The van der Waals surface area contributed by atoms with E-state index in [4.69, 9.17) is 4.52 Å². The fraction of sp³-hybridized carbons (Fsp3) is 0.344. The quantitative estimate of drug-likeness (QED) is 0.259. The summed E-state index contributed by atoms with van der Waals surface area (Å²) in [6.45, 7) is 9.07. The summed E-state index contributed by atoms with van der Waals surface area (Å²) in [6, 6.07) is 22.4. The van der Waals surface area contributed by atoms with E-state index in [9.17, 15) is 9.59 Å². The summed E-state index contributed by atoms with van der Waals surface area (Å²) in [5.41, 5.74) is 6.67. The van der Waals surface area contributed by atoms with Gasteiger partial charge in [-0.3, -0.25) is 24.5 Å². The van der Waals surface area contributed by atoms with Gasteiger partial charge in [0.2, 0.25) is 5.91 Å². The molecule has 1 aromatic heterocycles. The molecule has 2 heterocycles. The normalized spacial score (nSPS) is 18.9. The Bertz CT molecular complexity index is 1520. The van der Waals surface area contributed by atoms with E-state index in [2.05, 4.69) is 85.6 Å². The van der Waals surface area contributed by atoms with Crippen molar-refractivity contribution in [1.29, 1.82) is 0 Å². The van der Waals surface area contributed by atoms with Gasteiger partial charge in [0.25, 0.3) is 0 Å². The molecule has 0 aliphatic carbocycles. The van der Waals surface area contributed by atoms with Gasteiger partial charge >= 0.3 is 5.76 Å². The number of benzene rings is 3. The zero-order valence-corrected chi connectivity index (χ0v) is 24.3. The van der Waals surface area contributed by atoms with Gasteiger partial charge in [0.1, 0.15) is 0 Å². The van der Waals surface area contributed by atoms with E-state index >= 15 is 0 Å². The molecule has 0 bridgehead atoms. The zero-order valence-electron chi connectivity index (χ0n) is 23.5. The summed E-state index contributed by atoms with van der Waals surface area (Å²) in [5.74, 6) is 0.00920. The van der Waals surface area contributed by atoms with Gasteiger partial charge in [-0.05, 0) is 73.6 Å². The molecule has 5 rings (SSSR count). The third kappa shape index (κ3) is 5.76. The number of nitrogens with one attached hydrogen (secondary N) is 2. The van der Waals surface area contributed by atoms with Crippen LogP contribution in [0.25, 0.3) is 22.5 Å². The molecular weight excluding hydrogens is 524 g/mol. The van der Waals surface area contributed by atoms with Crippen LogP contribution in [-0.2, 0) is 11.2 Å². The second-order valence-corrected chi connectivity index (χ2v) is 10.7. The number of aromatic amines is 1. The molecule has 3 aromatic carbocycles. The molecule has 1 saturated heterocycles. The van der Waals surface area contributed by atoms with Crippen molar-refractivity contribution in [2.24, 2.45) is 5.41 Å². The van der Waals surface area contributed by atoms with Crippen LogP contribution in [0.2, 0.25) is 0 Å². The predicted octanol–water partition coefficient (Wildman–Crippen LogP) is 6.44. The number of aryl methyl sites for hydroxylation is 2. The molecule has 40 heavy (non-hydrogen) atoms. The molecule has 1 fully saturated rings. The minimum absolute atomic E-state index is 0. The monoisotopic (exact) mass is 560 g/mol. The maximum atomic E-state index is 14.3. The third-order valence-electron chi connectivity index (χ3n) is 8.00. The van der Waals surface area contributed by atoms with E-state index in [-0.39, 0.29) is 24.5 Å². The van der Waals surface area contributed by atoms with Crippen LogP contribution in [0.1, 0.15) is 49.8 Å². The molecule has 0 saturated carbocycles. The second-order valence-electron chi connectivity index (χ2n) is 10.7. The number of amides is 1. The number of hydrogen-bond donors (Lipinski definition) is 2. The van der Waals surface area contributed by atoms with Crippen LogP contribution in [-0.4, -0.2) is 28.8 Å². The second kappa shape index (κ2) is 12.2. The molecular formula is C32H37ClN4O3. The van der Waals surface area contributed by atoms with Crippen molar-refractivity contribution in [2.75, 3.05) is 11.4 Å². The standard InChI is InChI=1S/C32H36N4O3.ClH/c1-5-6-17-32(20-33-23(4)36(30(32)37)26-16-11-21(2)22(3)18-26)19-24-12-14-25(15-13-24)27-9-7-8-10-28(27)29-34-31(38)39-35-29;/h7-16,18,23,33H,5-6,17,19-20H2,1-4H3,(H,34,35,38);1H. The van der Waals surface area contributed by atoms with Gasteiger partial charge in [-0.15, -0.1) is 12.4 Å². The Morgan fingerprint density at radius 3 is 2.38 bits per heavy atom. The predicted molar refractivity (Wildman–Crippen MR) is 162 cm³/mol. The molecule has 4 aromatic rings. The topological polar surface area (TPSA) is 91.2 Å². The van der Waals surface area contributed by atoms with E-state index in [0.29, 0.717) is 18.8 Å². The fourth-order valence-corrected chi connectivity index (χ4v) is 5.57. The van der Waals surface area contributed by atoms with Gasteiger partial charge in [0.05, 0.1) is 11.6 Å². The number of anilines is 1. The Labute approximate surface area is 241 Å². The number of aromatic nitrogens is 2. The van der Waals surface area contributed by atoms with Gasteiger partial charge in [-0.25, -0.2) is 4.79 Å². The maximum absolute atomic E-state index is 14.3. The molecule has 210 valence electrons. The van der Waals surface area contributed by atoms with Gasteiger partial charge in [0.15, 0.2) is 5.82 Å². The van der Waals surface area contributed by atoms with Crippen LogP contribution in [0.3, 0.4) is 0 Å². The van der Waals surface area contributed by atoms with Crippen molar-refractivity contribution < 1.29 is 9.32 Å². The number of nitrogens with zero attached hydrogens (tertiary/aromatic N) is 2. The van der Waals surface area contributed by atoms with Crippen LogP contribution in [0.15, 0.2) is 76.0 Å². The summed E-state index contributed by atoms with van der Waals surface area (Å²) in [5, 5.41) is 7.51. The van der Waals surface area contributed by atoms with Crippen molar-refractivity contribution in [3.63, 3.8) is 0 Å². The minimum Gasteiger partial charge on any atom is -0.296 e. The van der Waals surface area contributed by atoms with Crippen molar-refractivity contribution in [3.05, 3.63) is 94.0 Å². The lowest BCUT2D eigenvalue weighted by Crippen LogP contribution is -2.63. The summed E-state index contributed by atoms with van der Waals surface area (Å²) in [7, 11) is 0. The molecule has 2 unspecified atom stereocenters. The number of carbonyl (C=O) groups excluding carboxylic acids is 1. The molecule has 0 radical (unpaired) electrons. The first-order chi connectivity index (χ1) is 18.8. The molecule has 1 aliphatic heterocycles. The average molecular weight is 561 g/mol. The molecule has 7 nitrogen and oxygen atoms in total. The van der Waals surface area contributed by atoms with Crippen molar-refractivity contribution >= 4 is 24.0 Å². The van der Waals surface area contributed by atoms with Gasteiger partial charge < -0.3 is 0 Å². The number of hydrogen-bond acceptors (Lipinski definition) is 5. The lowest BCUT2D eigenvalue weighted by atomic mass is 9.74. The maximum Gasteiger partial charge on any atom is 0.439 e. The smallest absolute Gasteiger partial charge is 0.296 e. The van der Waals surface area contributed by atoms with Crippen molar-refractivity contribution in [3.8, 4) is 22.5 Å². The summed E-state index contributed by atoms with van der Waals surface area (Å²) < 4.78 is 4.72. The van der Waals surface area contributed by atoms with Gasteiger partial charge in [-0.1, -0.05) is 79.5 Å². The minimum atomic E-state index is -0.581. The number of rotatable bonds is 8. The third-order valence-corrected chi connectivity index (χ3v) is 8.00. The summed E-state index contributed by atoms with van der Waals surface area (Å²) in [4.78, 5) is 30.4. The average Bonchev–Trinajstić information content (AvgIpc) is 3.38. The molecule has 0 spiro atoms. The zero-order chi connectivity index (χ0) is 27.6.